The van der Waals surface area contributed by atoms with E-state index in [-0.39, 0.29) is 11.5 Å². The van der Waals surface area contributed by atoms with Gasteiger partial charge in [0.05, 0.1) is 16.7 Å². The Morgan fingerprint density at radius 3 is 2.65 bits per heavy atom. The molecule has 6 heteroatoms. The summed E-state index contributed by atoms with van der Waals surface area (Å²) in [6.07, 6.45) is 4.48. The second-order valence-corrected chi connectivity index (χ2v) is 4.44. The summed E-state index contributed by atoms with van der Waals surface area (Å²) in [5, 5.41) is 14.7. The highest BCUT2D eigenvalue weighted by molar-refractivity contribution is 5.95. The van der Waals surface area contributed by atoms with Crippen LogP contribution in [0.15, 0.2) is 36.7 Å². The molecule has 2 aromatic rings. The standard InChI is InChI=1S/C14H15N3O3/c1-2-14(18)12-9-15-16(10-12)8-7-11-3-5-13(6-4-11)17(19)20/h3-6,9-10H,2,7-8H2,1H3. The second-order valence-electron chi connectivity index (χ2n) is 4.44. The first-order valence-corrected chi connectivity index (χ1v) is 6.39. The molecule has 6 nitrogen and oxygen atoms in total. The first-order valence-electron chi connectivity index (χ1n) is 6.39. The fraction of sp³-hybridized carbons (Fsp3) is 0.286. The lowest BCUT2D eigenvalue weighted by Gasteiger charge is -2.01. The number of rotatable bonds is 6. The van der Waals surface area contributed by atoms with Gasteiger partial charge in [0.1, 0.15) is 0 Å². The third-order valence-electron chi connectivity index (χ3n) is 3.05. The number of aryl methyl sites for hydroxylation is 2. The lowest BCUT2D eigenvalue weighted by molar-refractivity contribution is -0.384. The van der Waals surface area contributed by atoms with E-state index in [1.54, 1.807) is 29.2 Å². The summed E-state index contributed by atoms with van der Waals surface area (Å²) in [5.41, 5.74) is 1.70. The molecule has 0 unspecified atom stereocenters. The van der Waals surface area contributed by atoms with Gasteiger partial charge in [-0.2, -0.15) is 5.10 Å². The van der Waals surface area contributed by atoms with Crippen molar-refractivity contribution in [1.29, 1.82) is 0 Å². The Balaban J connectivity index is 1.96. The zero-order valence-corrected chi connectivity index (χ0v) is 11.2. The lowest BCUT2D eigenvalue weighted by atomic mass is 10.1. The molecule has 0 fully saturated rings. The van der Waals surface area contributed by atoms with Gasteiger partial charge in [0.2, 0.25) is 0 Å². The Bertz CT molecular complexity index is 617. The van der Waals surface area contributed by atoms with E-state index < -0.39 is 4.92 Å². The Morgan fingerprint density at radius 1 is 1.35 bits per heavy atom. The molecule has 2 rings (SSSR count). The van der Waals surface area contributed by atoms with Gasteiger partial charge in [-0.25, -0.2) is 0 Å². The Labute approximate surface area is 116 Å². The number of nitro groups is 1. The Hall–Kier alpha value is -2.50. The third-order valence-corrected chi connectivity index (χ3v) is 3.05. The molecule has 0 aliphatic rings. The van der Waals surface area contributed by atoms with Crippen molar-refractivity contribution in [3.05, 3.63) is 57.9 Å². The summed E-state index contributed by atoms with van der Waals surface area (Å²) in [5.74, 6) is 0.0755. The number of hydrogen-bond acceptors (Lipinski definition) is 4. The molecule has 0 spiro atoms. The number of nitro benzene ring substituents is 1. The molecule has 20 heavy (non-hydrogen) atoms. The number of benzene rings is 1. The molecular formula is C14H15N3O3. The molecule has 1 aromatic heterocycles. The van der Waals surface area contributed by atoms with Gasteiger partial charge in [-0.1, -0.05) is 19.1 Å². The van der Waals surface area contributed by atoms with Crippen LogP contribution in [-0.4, -0.2) is 20.5 Å². The minimum atomic E-state index is -0.417. The molecule has 0 amide bonds. The molecule has 0 aliphatic carbocycles. The maximum Gasteiger partial charge on any atom is 0.269 e. The summed E-state index contributed by atoms with van der Waals surface area (Å²) in [6, 6.07) is 6.45. The van der Waals surface area contributed by atoms with Gasteiger partial charge < -0.3 is 0 Å². The van der Waals surface area contributed by atoms with E-state index in [0.29, 0.717) is 24.9 Å². The van der Waals surface area contributed by atoms with Crippen LogP contribution in [0.4, 0.5) is 5.69 Å². The predicted octanol–water partition coefficient (Wildman–Crippen LogP) is 2.63. The van der Waals surface area contributed by atoms with Gasteiger partial charge in [-0.15, -0.1) is 0 Å². The van der Waals surface area contributed by atoms with Crippen molar-refractivity contribution in [2.45, 2.75) is 26.3 Å². The van der Waals surface area contributed by atoms with Gasteiger partial charge >= 0.3 is 0 Å². The lowest BCUT2D eigenvalue weighted by Crippen LogP contribution is -2.02. The average Bonchev–Trinajstić information content (AvgIpc) is 2.93. The minimum Gasteiger partial charge on any atom is -0.294 e. The fourth-order valence-electron chi connectivity index (χ4n) is 1.86. The number of non-ortho nitro benzene ring substituents is 1. The van der Waals surface area contributed by atoms with Crippen LogP contribution in [0.3, 0.4) is 0 Å². The number of Topliss-reactive ketones (excluding diaryl/α,β-unsaturated/α-hetero) is 1. The quantitative estimate of drug-likeness (QED) is 0.460. The summed E-state index contributed by atoms with van der Waals surface area (Å²) < 4.78 is 1.71. The van der Waals surface area contributed by atoms with Gasteiger partial charge in [0.25, 0.3) is 5.69 Å². The zero-order chi connectivity index (χ0) is 14.5. The molecule has 0 N–H and O–H groups in total. The molecule has 0 atom stereocenters. The van der Waals surface area contributed by atoms with E-state index in [1.807, 2.05) is 6.92 Å². The average molecular weight is 273 g/mol. The SMILES string of the molecule is CCC(=O)c1cnn(CCc2ccc([N+](=O)[O-])cc2)c1. The summed E-state index contributed by atoms with van der Waals surface area (Å²) in [7, 11) is 0. The molecule has 0 radical (unpaired) electrons. The van der Waals surface area contributed by atoms with Crippen molar-refractivity contribution >= 4 is 11.5 Å². The molecule has 104 valence electrons. The highest BCUT2D eigenvalue weighted by Crippen LogP contribution is 2.12. The first kappa shape index (κ1) is 13.9. The Morgan fingerprint density at radius 2 is 2.05 bits per heavy atom. The third kappa shape index (κ3) is 3.28. The van der Waals surface area contributed by atoms with Gasteiger partial charge in [-0.05, 0) is 12.0 Å². The molecule has 0 saturated heterocycles. The van der Waals surface area contributed by atoms with Crippen molar-refractivity contribution in [2.75, 3.05) is 0 Å². The molecule has 0 saturated carbocycles. The van der Waals surface area contributed by atoms with E-state index in [9.17, 15) is 14.9 Å². The largest absolute Gasteiger partial charge is 0.294 e. The molecule has 0 bridgehead atoms. The molecular weight excluding hydrogens is 258 g/mol. The highest BCUT2D eigenvalue weighted by atomic mass is 16.6. The second kappa shape index (κ2) is 6.10. The van der Waals surface area contributed by atoms with Crippen LogP contribution < -0.4 is 0 Å². The fourth-order valence-corrected chi connectivity index (χ4v) is 1.86. The normalized spacial score (nSPS) is 10.4. The Kier molecular flexibility index (Phi) is 4.24. The van der Waals surface area contributed by atoms with E-state index in [2.05, 4.69) is 5.10 Å². The van der Waals surface area contributed by atoms with Gasteiger partial charge in [0.15, 0.2) is 5.78 Å². The highest BCUT2D eigenvalue weighted by Gasteiger charge is 2.07. The van der Waals surface area contributed by atoms with Crippen LogP contribution in [0.5, 0.6) is 0 Å². The predicted molar refractivity (Wildman–Crippen MR) is 73.6 cm³/mol. The van der Waals surface area contributed by atoms with E-state index in [4.69, 9.17) is 0 Å². The van der Waals surface area contributed by atoms with Crippen molar-refractivity contribution in [3.8, 4) is 0 Å². The topological polar surface area (TPSA) is 78.0 Å². The molecule has 1 aromatic carbocycles. The summed E-state index contributed by atoms with van der Waals surface area (Å²) in [6.45, 7) is 2.45. The maximum absolute atomic E-state index is 11.5. The van der Waals surface area contributed by atoms with Crippen LogP contribution in [-0.2, 0) is 13.0 Å². The molecule has 0 aliphatic heterocycles. The number of carbonyl (C=O) groups is 1. The van der Waals surface area contributed by atoms with Gasteiger partial charge in [-0.3, -0.25) is 19.6 Å². The number of hydrogen-bond donors (Lipinski definition) is 0. The van der Waals surface area contributed by atoms with Gasteiger partial charge in [0, 0.05) is 31.3 Å². The van der Waals surface area contributed by atoms with E-state index >= 15 is 0 Å². The number of nitrogens with zero attached hydrogens (tertiary/aromatic N) is 3. The maximum atomic E-state index is 11.5. The van der Waals surface area contributed by atoms with Crippen molar-refractivity contribution in [1.82, 2.24) is 9.78 Å². The van der Waals surface area contributed by atoms with Crippen LogP contribution in [0.25, 0.3) is 0 Å². The molecule has 1 heterocycles. The van der Waals surface area contributed by atoms with Crippen LogP contribution in [0, 0.1) is 10.1 Å². The van der Waals surface area contributed by atoms with Crippen molar-refractivity contribution < 1.29 is 9.72 Å². The van der Waals surface area contributed by atoms with Crippen LogP contribution in [0.2, 0.25) is 0 Å². The summed E-state index contributed by atoms with van der Waals surface area (Å²) in [4.78, 5) is 21.6. The number of ketones is 1. The smallest absolute Gasteiger partial charge is 0.269 e. The first-order chi connectivity index (χ1) is 9.60. The van der Waals surface area contributed by atoms with Crippen molar-refractivity contribution in [2.24, 2.45) is 0 Å². The number of aromatic nitrogens is 2. The van der Waals surface area contributed by atoms with Crippen LogP contribution in [0.1, 0.15) is 29.3 Å². The van der Waals surface area contributed by atoms with E-state index in [0.717, 1.165) is 5.56 Å². The minimum absolute atomic E-state index is 0.0755. The zero-order valence-electron chi connectivity index (χ0n) is 11.2. The van der Waals surface area contributed by atoms with E-state index in [1.165, 1.54) is 12.1 Å². The summed E-state index contributed by atoms with van der Waals surface area (Å²) >= 11 is 0. The number of carbonyl (C=O) groups excluding carboxylic acids is 1. The van der Waals surface area contributed by atoms with Crippen LogP contribution >= 0.6 is 0 Å². The van der Waals surface area contributed by atoms with Crippen molar-refractivity contribution in [3.63, 3.8) is 0 Å². The monoisotopic (exact) mass is 273 g/mol.